The van der Waals surface area contributed by atoms with E-state index >= 15 is 0 Å². The van der Waals surface area contributed by atoms with E-state index in [1.165, 1.54) is 16.8 Å². The second-order valence-electron chi connectivity index (χ2n) is 4.23. The summed E-state index contributed by atoms with van der Waals surface area (Å²) in [7, 11) is 0. The van der Waals surface area contributed by atoms with Gasteiger partial charge in [-0.2, -0.15) is 0 Å². The highest BCUT2D eigenvalue weighted by Crippen LogP contribution is 2.24. The molecule has 6 heteroatoms. The fourth-order valence-corrected chi connectivity index (χ4v) is 2.88. The number of anilines is 2. The Morgan fingerprint density at radius 1 is 1.25 bits per heavy atom. The minimum Gasteiger partial charge on any atom is -0.384 e. The van der Waals surface area contributed by atoms with Gasteiger partial charge in [-0.05, 0) is 47.2 Å². The van der Waals surface area contributed by atoms with Gasteiger partial charge in [0.15, 0.2) is 0 Å². The van der Waals surface area contributed by atoms with E-state index in [0.717, 1.165) is 11.1 Å². The van der Waals surface area contributed by atoms with Gasteiger partial charge in [-0.1, -0.05) is 11.6 Å². The summed E-state index contributed by atoms with van der Waals surface area (Å²) in [6.07, 6.45) is 0. The van der Waals surface area contributed by atoms with Gasteiger partial charge in [-0.25, -0.2) is 4.98 Å². The number of pyridine rings is 1. The molecular weight excluding hydrogens is 294 g/mol. The lowest BCUT2D eigenvalue weighted by molar-refractivity contribution is 0.102. The van der Waals surface area contributed by atoms with Gasteiger partial charge in [0.1, 0.15) is 11.0 Å². The number of fused-ring (bicyclic) bond motifs is 1. The highest BCUT2D eigenvalue weighted by Gasteiger charge is 2.09. The molecule has 0 aliphatic heterocycles. The Morgan fingerprint density at radius 2 is 2.10 bits per heavy atom. The summed E-state index contributed by atoms with van der Waals surface area (Å²) in [6, 6.07) is 10.7. The molecule has 0 saturated heterocycles. The minimum atomic E-state index is -0.268. The maximum Gasteiger partial charge on any atom is 0.255 e. The van der Waals surface area contributed by atoms with Crippen molar-refractivity contribution in [2.75, 3.05) is 11.1 Å². The third-order valence-corrected chi connectivity index (χ3v) is 3.88. The average molecular weight is 304 g/mol. The first-order chi connectivity index (χ1) is 9.61. The second kappa shape index (κ2) is 5.11. The van der Waals surface area contributed by atoms with Crippen LogP contribution in [0.1, 0.15) is 10.4 Å². The van der Waals surface area contributed by atoms with Gasteiger partial charge in [0.05, 0.1) is 0 Å². The van der Waals surface area contributed by atoms with Crippen LogP contribution >= 0.6 is 22.9 Å². The average Bonchev–Trinajstić information content (AvgIpc) is 2.85. The van der Waals surface area contributed by atoms with Gasteiger partial charge in [0.2, 0.25) is 0 Å². The summed E-state index contributed by atoms with van der Waals surface area (Å²) in [6.45, 7) is 0. The summed E-state index contributed by atoms with van der Waals surface area (Å²) >= 11 is 7.45. The van der Waals surface area contributed by atoms with Gasteiger partial charge in [0.25, 0.3) is 5.91 Å². The summed E-state index contributed by atoms with van der Waals surface area (Å²) in [5, 5.41) is 6.13. The zero-order valence-electron chi connectivity index (χ0n) is 10.3. The Balaban J connectivity index is 1.87. The van der Waals surface area contributed by atoms with E-state index in [0.29, 0.717) is 5.56 Å². The van der Waals surface area contributed by atoms with Crippen molar-refractivity contribution < 1.29 is 4.79 Å². The van der Waals surface area contributed by atoms with Crippen LogP contribution in [0, 0.1) is 0 Å². The molecule has 0 atom stereocenters. The number of nitrogens with one attached hydrogen (secondary N) is 1. The predicted molar refractivity (Wildman–Crippen MR) is 83.4 cm³/mol. The van der Waals surface area contributed by atoms with Crippen molar-refractivity contribution in [1.29, 1.82) is 0 Å². The van der Waals surface area contributed by atoms with Crippen LogP contribution in [0.3, 0.4) is 0 Å². The molecule has 0 fully saturated rings. The molecule has 0 unspecified atom stereocenters. The highest BCUT2D eigenvalue weighted by molar-refractivity contribution is 7.17. The molecule has 0 aliphatic rings. The number of carbonyl (C=O) groups is 1. The van der Waals surface area contributed by atoms with E-state index < -0.39 is 0 Å². The fourth-order valence-electron chi connectivity index (χ4n) is 1.90. The Morgan fingerprint density at radius 3 is 2.90 bits per heavy atom. The molecular formula is C14H10ClN3OS. The lowest BCUT2D eigenvalue weighted by atomic mass is 10.2. The van der Waals surface area contributed by atoms with E-state index in [2.05, 4.69) is 10.3 Å². The van der Waals surface area contributed by atoms with Crippen LogP contribution in [0.4, 0.5) is 11.5 Å². The van der Waals surface area contributed by atoms with Crippen LogP contribution in [0.25, 0.3) is 10.1 Å². The molecule has 3 aromatic rings. The van der Waals surface area contributed by atoms with E-state index in [4.69, 9.17) is 17.3 Å². The van der Waals surface area contributed by atoms with E-state index in [1.54, 1.807) is 11.3 Å². The first-order valence-electron chi connectivity index (χ1n) is 5.83. The SMILES string of the molecule is Nc1cc(C(=O)Nc2ccc3sccc3c2)cc(Cl)n1. The van der Waals surface area contributed by atoms with E-state index in [1.807, 2.05) is 29.6 Å². The van der Waals surface area contributed by atoms with Crippen LogP contribution in [0.5, 0.6) is 0 Å². The van der Waals surface area contributed by atoms with Crippen LogP contribution < -0.4 is 11.1 Å². The summed E-state index contributed by atoms with van der Waals surface area (Å²) < 4.78 is 1.18. The van der Waals surface area contributed by atoms with Crippen molar-refractivity contribution in [3.8, 4) is 0 Å². The van der Waals surface area contributed by atoms with Crippen molar-refractivity contribution >= 4 is 50.4 Å². The number of rotatable bonds is 2. The van der Waals surface area contributed by atoms with Gasteiger partial charge in [-0.15, -0.1) is 11.3 Å². The number of carbonyl (C=O) groups excluding carboxylic acids is 1. The number of nitrogen functional groups attached to an aromatic ring is 1. The molecule has 2 aromatic heterocycles. The molecule has 3 N–H and O–H groups in total. The van der Waals surface area contributed by atoms with Crippen molar-refractivity contribution in [3.05, 3.63) is 52.5 Å². The zero-order chi connectivity index (χ0) is 14.1. The van der Waals surface area contributed by atoms with Crippen molar-refractivity contribution in [3.63, 3.8) is 0 Å². The fraction of sp³-hybridized carbons (Fsp3) is 0. The predicted octanol–water partition coefficient (Wildman–Crippen LogP) is 3.78. The standard InChI is InChI=1S/C14H10ClN3OS/c15-12-6-9(7-13(16)18-12)14(19)17-10-1-2-11-8(5-10)3-4-20-11/h1-7H,(H2,16,18)(H,17,19). The lowest BCUT2D eigenvalue weighted by Gasteiger charge is -2.06. The zero-order valence-corrected chi connectivity index (χ0v) is 11.8. The number of nitrogens with zero attached hydrogens (tertiary/aromatic N) is 1. The Bertz CT molecular complexity index is 780. The molecule has 0 bridgehead atoms. The van der Waals surface area contributed by atoms with Crippen LogP contribution in [0.15, 0.2) is 41.8 Å². The topological polar surface area (TPSA) is 68.0 Å². The third kappa shape index (κ3) is 2.59. The number of hydrogen-bond donors (Lipinski definition) is 2. The van der Waals surface area contributed by atoms with Gasteiger partial charge in [-0.3, -0.25) is 4.79 Å². The largest absolute Gasteiger partial charge is 0.384 e. The Hall–Kier alpha value is -2.11. The first kappa shape index (κ1) is 12.9. The second-order valence-corrected chi connectivity index (χ2v) is 5.57. The third-order valence-electron chi connectivity index (χ3n) is 2.79. The Labute approximate surface area is 124 Å². The van der Waals surface area contributed by atoms with Crippen molar-refractivity contribution in [1.82, 2.24) is 4.98 Å². The maximum absolute atomic E-state index is 12.1. The molecule has 4 nitrogen and oxygen atoms in total. The number of thiophene rings is 1. The Kier molecular flexibility index (Phi) is 3.30. The number of nitrogens with two attached hydrogens (primary N) is 1. The molecule has 100 valence electrons. The molecule has 20 heavy (non-hydrogen) atoms. The summed E-state index contributed by atoms with van der Waals surface area (Å²) in [4.78, 5) is 16.0. The smallest absolute Gasteiger partial charge is 0.255 e. The monoisotopic (exact) mass is 303 g/mol. The maximum atomic E-state index is 12.1. The number of halogens is 1. The van der Waals surface area contributed by atoms with E-state index in [9.17, 15) is 4.79 Å². The quantitative estimate of drug-likeness (QED) is 0.708. The van der Waals surface area contributed by atoms with E-state index in [-0.39, 0.29) is 16.9 Å². The van der Waals surface area contributed by atoms with Crippen LogP contribution in [-0.2, 0) is 0 Å². The summed E-state index contributed by atoms with van der Waals surface area (Å²) in [5.41, 5.74) is 6.69. The van der Waals surface area contributed by atoms with Crippen molar-refractivity contribution in [2.24, 2.45) is 0 Å². The molecule has 1 aromatic carbocycles. The van der Waals surface area contributed by atoms with Gasteiger partial charge in [0, 0.05) is 16.0 Å². The first-order valence-corrected chi connectivity index (χ1v) is 7.09. The molecule has 0 aliphatic carbocycles. The normalized spacial score (nSPS) is 10.7. The molecule has 0 radical (unpaired) electrons. The molecule has 0 saturated carbocycles. The molecule has 3 rings (SSSR count). The minimum absolute atomic E-state index is 0.198. The highest BCUT2D eigenvalue weighted by atomic mass is 35.5. The lowest BCUT2D eigenvalue weighted by Crippen LogP contribution is -2.12. The van der Waals surface area contributed by atoms with Gasteiger partial charge >= 0.3 is 0 Å². The molecule has 2 heterocycles. The molecule has 0 spiro atoms. The van der Waals surface area contributed by atoms with Crippen LogP contribution in [-0.4, -0.2) is 10.9 Å². The van der Waals surface area contributed by atoms with Crippen LogP contribution in [0.2, 0.25) is 5.15 Å². The van der Waals surface area contributed by atoms with Crippen molar-refractivity contribution in [2.45, 2.75) is 0 Å². The summed E-state index contributed by atoms with van der Waals surface area (Å²) in [5.74, 6) is -0.0495. The molecule has 1 amide bonds. The number of hydrogen-bond acceptors (Lipinski definition) is 4. The number of aromatic nitrogens is 1. The number of benzene rings is 1. The van der Waals surface area contributed by atoms with Gasteiger partial charge < -0.3 is 11.1 Å². The number of amides is 1.